The van der Waals surface area contributed by atoms with Crippen LogP contribution in [0.2, 0.25) is 0 Å². The minimum absolute atomic E-state index is 0.199. The number of hydrogen-bond donors (Lipinski definition) is 1. The fraction of sp³-hybridized carbons (Fsp3) is 0.481. The van der Waals surface area contributed by atoms with E-state index in [4.69, 9.17) is 10.5 Å². The highest BCUT2D eigenvalue weighted by Gasteiger charge is 2.38. The molecule has 8 heteroatoms. The van der Waals surface area contributed by atoms with Crippen LogP contribution < -0.4 is 5.73 Å². The van der Waals surface area contributed by atoms with Crippen molar-refractivity contribution in [3.63, 3.8) is 0 Å². The molecule has 184 valence electrons. The SMILES string of the molecule is Cn1c(C2=CCC3(CC2)CCN(C(=O)OC(C)(C)C)CC3)c(-c2cccnc2)c2c(N)ncnc21. The van der Waals surface area contributed by atoms with Gasteiger partial charge in [0.05, 0.1) is 11.1 Å². The number of nitrogens with zero attached hydrogens (tertiary/aromatic N) is 5. The van der Waals surface area contributed by atoms with Crippen molar-refractivity contribution < 1.29 is 9.53 Å². The molecular formula is C27H34N6O2. The first-order valence-corrected chi connectivity index (χ1v) is 12.3. The van der Waals surface area contributed by atoms with Crippen molar-refractivity contribution in [1.29, 1.82) is 0 Å². The Hall–Kier alpha value is -3.42. The lowest BCUT2D eigenvalue weighted by atomic mass is 9.68. The zero-order valence-electron chi connectivity index (χ0n) is 21.0. The first-order valence-electron chi connectivity index (χ1n) is 12.3. The smallest absolute Gasteiger partial charge is 0.410 e. The van der Waals surface area contributed by atoms with E-state index in [1.165, 1.54) is 11.9 Å². The Bertz CT molecular complexity index is 1280. The normalized spacial score (nSPS) is 18.1. The summed E-state index contributed by atoms with van der Waals surface area (Å²) in [6.07, 6.45) is 12.4. The number of nitrogens with two attached hydrogens (primary N) is 1. The van der Waals surface area contributed by atoms with Crippen molar-refractivity contribution in [2.24, 2.45) is 12.5 Å². The molecule has 0 atom stereocenters. The lowest BCUT2D eigenvalue weighted by molar-refractivity contribution is 0.00896. The molecule has 1 amide bonds. The molecule has 2 aliphatic rings. The van der Waals surface area contributed by atoms with Gasteiger partial charge in [0.2, 0.25) is 0 Å². The van der Waals surface area contributed by atoms with Crippen molar-refractivity contribution >= 4 is 28.5 Å². The largest absolute Gasteiger partial charge is 0.444 e. The molecule has 0 unspecified atom stereocenters. The Morgan fingerprint density at radius 1 is 1.17 bits per heavy atom. The van der Waals surface area contributed by atoms with Crippen LogP contribution in [0, 0.1) is 5.41 Å². The third kappa shape index (κ3) is 4.37. The van der Waals surface area contributed by atoms with E-state index in [2.05, 4.69) is 38.7 Å². The van der Waals surface area contributed by atoms with E-state index >= 15 is 0 Å². The summed E-state index contributed by atoms with van der Waals surface area (Å²) in [5.41, 5.74) is 11.5. The van der Waals surface area contributed by atoms with Gasteiger partial charge < -0.3 is 19.9 Å². The second kappa shape index (κ2) is 8.66. The number of aromatic nitrogens is 4. The fourth-order valence-corrected chi connectivity index (χ4v) is 5.55. The first-order chi connectivity index (χ1) is 16.7. The van der Waals surface area contributed by atoms with Crippen LogP contribution >= 0.6 is 0 Å². The number of likely N-dealkylation sites (tertiary alicyclic amines) is 1. The molecule has 8 nitrogen and oxygen atoms in total. The predicted molar refractivity (Wildman–Crippen MR) is 137 cm³/mol. The summed E-state index contributed by atoms with van der Waals surface area (Å²) in [5, 5.41) is 0.879. The summed E-state index contributed by atoms with van der Waals surface area (Å²) in [6.45, 7) is 7.24. The van der Waals surface area contributed by atoms with Gasteiger partial charge >= 0.3 is 6.09 Å². The maximum absolute atomic E-state index is 12.5. The number of carbonyl (C=O) groups excluding carboxylic acids is 1. The van der Waals surface area contributed by atoms with Crippen LogP contribution in [0.15, 0.2) is 36.9 Å². The zero-order valence-corrected chi connectivity index (χ0v) is 21.0. The maximum atomic E-state index is 12.5. The van der Waals surface area contributed by atoms with Crippen LogP contribution in [-0.4, -0.2) is 49.2 Å². The van der Waals surface area contributed by atoms with Crippen LogP contribution in [-0.2, 0) is 11.8 Å². The lowest BCUT2D eigenvalue weighted by Crippen LogP contribution is -2.45. The predicted octanol–water partition coefficient (Wildman–Crippen LogP) is 5.20. The summed E-state index contributed by atoms with van der Waals surface area (Å²) in [4.78, 5) is 27.5. The van der Waals surface area contributed by atoms with Gasteiger partial charge in [0.25, 0.3) is 0 Å². The molecule has 3 aromatic heterocycles. The minimum atomic E-state index is -0.465. The van der Waals surface area contributed by atoms with E-state index in [0.717, 1.165) is 73.0 Å². The monoisotopic (exact) mass is 474 g/mol. The summed E-state index contributed by atoms with van der Waals surface area (Å²) in [7, 11) is 2.05. The van der Waals surface area contributed by atoms with Crippen molar-refractivity contribution in [1.82, 2.24) is 24.4 Å². The Labute approximate surface area is 206 Å². The molecule has 0 bridgehead atoms. The third-order valence-electron chi connectivity index (χ3n) is 7.43. The highest BCUT2D eigenvalue weighted by Crippen LogP contribution is 2.48. The van der Waals surface area contributed by atoms with E-state index < -0.39 is 5.60 Å². The number of nitrogen functional groups attached to an aromatic ring is 1. The first kappa shape index (κ1) is 23.3. The number of ether oxygens (including phenoxy) is 1. The van der Waals surface area contributed by atoms with Gasteiger partial charge in [-0.3, -0.25) is 4.98 Å². The molecule has 3 aromatic rings. The standard InChI is InChI=1S/C27H34N6O2/c1-26(2,3)35-25(34)33-14-11-27(12-15-33)9-7-18(8-10-27)22-20(19-6-5-13-29-16-19)21-23(28)30-17-31-24(21)32(22)4/h5-7,13,16-17H,8-12,14-15H2,1-4H3,(H2,28,30,31). The number of amides is 1. The van der Waals surface area contributed by atoms with Gasteiger partial charge in [-0.1, -0.05) is 12.1 Å². The molecule has 1 aliphatic carbocycles. The average Bonchev–Trinajstić information content (AvgIpc) is 3.13. The number of aryl methyl sites for hydroxylation is 1. The van der Waals surface area contributed by atoms with E-state index in [0.29, 0.717) is 5.82 Å². The summed E-state index contributed by atoms with van der Waals surface area (Å²) < 4.78 is 7.72. The number of fused-ring (bicyclic) bond motifs is 1. The van der Waals surface area contributed by atoms with Crippen molar-refractivity contribution in [3.8, 4) is 11.1 Å². The van der Waals surface area contributed by atoms with Crippen LogP contribution in [0.4, 0.5) is 10.6 Å². The topological polar surface area (TPSA) is 99.2 Å². The van der Waals surface area contributed by atoms with Gasteiger partial charge in [-0.15, -0.1) is 0 Å². The van der Waals surface area contributed by atoms with Crippen molar-refractivity contribution in [3.05, 3.63) is 42.6 Å². The molecule has 0 radical (unpaired) electrons. The Balaban J connectivity index is 1.43. The van der Waals surface area contributed by atoms with Crippen LogP contribution in [0.25, 0.3) is 27.7 Å². The Morgan fingerprint density at radius 2 is 1.94 bits per heavy atom. The number of hydrogen-bond acceptors (Lipinski definition) is 6. The second-order valence-corrected chi connectivity index (χ2v) is 10.9. The molecule has 1 aliphatic heterocycles. The molecule has 2 N–H and O–H groups in total. The molecule has 5 rings (SSSR count). The second-order valence-electron chi connectivity index (χ2n) is 10.9. The fourth-order valence-electron chi connectivity index (χ4n) is 5.55. The highest BCUT2D eigenvalue weighted by atomic mass is 16.6. The van der Waals surface area contributed by atoms with Gasteiger partial charge in [-0.25, -0.2) is 14.8 Å². The average molecular weight is 475 g/mol. The van der Waals surface area contributed by atoms with Crippen LogP contribution in [0.3, 0.4) is 0 Å². The van der Waals surface area contributed by atoms with E-state index in [9.17, 15) is 4.79 Å². The molecule has 1 spiro atoms. The molecule has 1 saturated heterocycles. The van der Waals surface area contributed by atoms with Gasteiger partial charge in [-0.2, -0.15) is 0 Å². The molecule has 1 fully saturated rings. The number of pyridine rings is 1. The van der Waals surface area contributed by atoms with Gasteiger partial charge in [0.1, 0.15) is 23.4 Å². The number of piperidine rings is 1. The Morgan fingerprint density at radius 3 is 2.57 bits per heavy atom. The van der Waals surface area contributed by atoms with Gasteiger partial charge in [0.15, 0.2) is 0 Å². The van der Waals surface area contributed by atoms with E-state index in [1.807, 2.05) is 37.9 Å². The van der Waals surface area contributed by atoms with Crippen LogP contribution in [0.5, 0.6) is 0 Å². The number of rotatable bonds is 2. The molecular weight excluding hydrogens is 440 g/mol. The third-order valence-corrected chi connectivity index (χ3v) is 7.43. The van der Waals surface area contributed by atoms with Gasteiger partial charge in [-0.05, 0) is 69.9 Å². The lowest BCUT2D eigenvalue weighted by Gasteiger charge is -2.43. The molecule has 0 saturated carbocycles. The van der Waals surface area contributed by atoms with E-state index in [1.54, 1.807) is 6.20 Å². The van der Waals surface area contributed by atoms with Gasteiger partial charge in [0, 0.05) is 43.7 Å². The molecule has 0 aromatic carbocycles. The van der Waals surface area contributed by atoms with E-state index in [-0.39, 0.29) is 11.5 Å². The van der Waals surface area contributed by atoms with Crippen molar-refractivity contribution in [2.45, 2.75) is 58.5 Å². The van der Waals surface area contributed by atoms with Crippen LogP contribution in [0.1, 0.15) is 58.6 Å². The highest BCUT2D eigenvalue weighted by molar-refractivity contribution is 6.05. The Kier molecular flexibility index (Phi) is 5.77. The zero-order chi connectivity index (χ0) is 24.8. The van der Waals surface area contributed by atoms with Crippen molar-refractivity contribution in [2.75, 3.05) is 18.8 Å². The maximum Gasteiger partial charge on any atom is 0.410 e. The quantitative estimate of drug-likeness (QED) is 0.548. The minimum Gasteiger partial charge on any atom is -0.444 e. The molecule has 35 heavy (non-hydrogen) atoms. The summed E-state index contributed by atoms with van der Waals surface area (Å²) >= 11 is 0. The number of allylic oxidation sites excluding steroid dienone is 2. The number of anilines is 1. The number of carbonyl (C=O) groups is 1. The summed E-state index contributed by atoms with van der Waals surface area (Å²) in [6, 6.07) is 4.01. The molecule has 4 heterocycles. The summed E-state index contributed by atoms with van der Waals surface area (Å²) in [5.74, 6) is 0.484.